The molecule has 0 aromatic carbocycles. The largest absolute Gasteiger partial charge is 0.481 e. The quantitative estimate of drug-likeness (QED) is 0.820. The molecule has 9 nitrogen and oxygen atoms in total. The van der Waals surface area contributed by atoms with Gasteiger partial charge in [-0.15, -0.1) is 12.4 Å². The number of nitrogens with one attached hydrogen (secondary N) is 1. The second kappa shape index (κ2) is 8.81. The molecule has 2 aromatic heterocycles. The predicted molar refractivity (Wildman–Crippen MR) is 103 cm³/mol. The van der Waals surface area contributed by atoms with E-state index in [4.69, 9.17) is 14.2 Å². The van der Waals surface area contributed by atoms with Gasteiger partial charge in [0.2, 0.25) is 17.7 Å². The molecule has 0 spiro atoms. The first-order valence-corrected chi connectivity index (χ1v) is 9.11. The minimum atomic E-state index is 0. The lowest BCUT2D eigenvalue weighted by Crippen LogP contribution is -2.44. The molecule has 2 fully saturated rings. The van der Waals surface area contributed by atoms with Crippen LogP contribution in [0.4, 0.5) is 5.95 Å². The van der Waals surface area contributed by atoms with Gasteiger partial charge >= 0.3 is 0 Å². The van der Waals surface area contributed by atoms with Gasteiger partial charge in [0, 0.05) is 50.9 Å². The molecule has 1 unspecified atom stereocenters. The number of aromatic nitrogens is 4. The molecule has 0 amide bonds. The summed E-state index contributed by atoms with van der Waals surface area (Å²) in [6.07, 6.45) is 3.62. The molecule has 2 aliphatic heterocycles. The van der Waals surface area contributed by atoms with Crippen LogP contribution >= 0.6 is 12.4 Å². The highest BCUT2D eigenvalue weighted by molar-refractivity contribution is 5.85. The van der Waals surface area contributed by atoms with Crippen molar-refractivity contribution < 1.29 is 9.26 Å². The van der Waals surface area contributed by atoms with Gasteiger partial charge in [-0.05, 0) is 19.9 Å². The zero-order chi connectivity index (χ0) is 17.9. The van der Waals surface area contributed by atoms with Crippen LogP contribution < -0.4 is 15.0 Å². The highest BCUT2D eigenvalue weighted by Gasteiger charge is 2.30. The van der Waals surface area contributed by atoms with Crippen LogP contribution in [0.25, 0.3) is 0 Å². The van der Waals surface area contributed by atoms with Gasteiger partial charge < -0.3 is 19.5 Å². The Morgan fingerprint density at radius 1 is 1.22 bits per heavy atom. The number of likely N-dealkylation sites (N-methyl/N-ethyl adjacent to an activating group) is 1. The molecule has 2 aliphatic rings. The fourth-order valence-electron chi connectivity index (χ4n) is 3.57. The Kier molecular flexibility index (Phi) is 6.46. The smallest absolute Gasteiger partial charge is 0.229 e. The van der Waals surface area contributed by atoms with Crippen LogP contribution in [-0.2, 0) is 0 Å². The number of anilines is 1. The van der Waals surface area contributed by atoms with E-state index in [0.717, 1.165) is 57.3 Å². The second-order valence-corrected chi connectivity index (χ2v) is 6.85. The third-order valence-electron chi connectivity index (χ3n) is 5.22. The van der Waals surface area contributed by atoms with Crippen molar-refractivity contribution in [2.45, 2.75) is 24.8 Å². The summed E-state index contributed by atoms with van der Waals surface area (Å²) in [5, 5.41) is 7.63. The van der Waals surface area contributed by atoms with E-state index in [2.05, 4.69) is 37.3 Å². The first-order valence-electron chi connectivity index (χ1n) is 9.11. The zero-order valence-electron chi connectivity index (χ0n) is 15.7. The van der Waals surface area contributed by atoms with Gasteiger partial charge in [-0.3, -0.25) is 4.90 Å². The maximum atomic E-state index is 5.60. The van der Waals surface area contributed by atoms with Gasteiger partial charge in [-0.1, -0.05) is 5.16 Å². The summed E-state index contributed by atoms with van der Waals surface area (Å²) >= 11 is 0. The molecule has 0 radical (unpaired) electrons. The Morgan fingerprint density at radius 2 is 2.04 bits per heavy atom. The lowest BCUT2D eigenvalue weighted by Gasteiger charge is -2.31. The third-order valence-corrected chi connectivity index (χ3v) is 5.22. The van der Waals surface area contributed by atoms with Crippen molar-refractivity contribution in [2.75, 3.05) is 51.8 Å². The number of ether oxygens (including phenoxy) is 1. The van der Waals surface area contributed by atoms with E-state index in [1.54, 1.807) is 19.4 Å². The monoisotopic (exact) mass is 395 g/mol. The highest BCUT2D eigenvalue weighted by Crippen LogP contribution is 2.30. The van der Waals surface area contributed by atoms with E-state index in [1.807, 2.05) is 0 Å². The van der Waals surface area contributed by atoms with Crippen molar-refractivity contribution in [3.8, 4) is 5.88 Å². The van der Waals surface area contributed by atoms with Crippen molar-refractivity contribution in [1.29, 1.82) is 0 Å². The Morgan fingerprint density at radius 3 is 2.78 bits per heavy atom. The number of hydrogen-bond acceptors (Lipinski definition) is 9. The van der Waals surface area contributed by atoms with Crippen molar-refractivity contribution in [2.24, 2.45) is 0 Å². The van der Waals surface area contributed by atoms with Gasteiger partial charge in [-0.2, -0.15) is 9.97 Å². The van der Waals surface area contributed by atoms with Crippen molar-refractivity contribution >= 4 is 18.4 Å². The maximum absolute atomic E-state index is 5.60. The number of halogens is 1. The summed E-state index contributed by atoms with van der Waals surface area (Å²) < 4.78 is 10.8. The summed E-state index contributed by atoms with van der Waals surface area (Å²) in [5.74, 6) is 3.13. The number of methoxy groups -OCH3 is 1. The Balaban J connectivity index is 0.00000210. The molecule has 0 saturated carbocycles. The topological polar surface area (TPSA) is 92.4 Å². The third kappa shape index (κ3) is 4.31. The first-order chi connectivity index (χ1) is 12.7. The van der Waals surface area contributed by atoms with Crippen molar-refractivity contribution in [1.82, 2.24) is 30.3 Å². The van der Waals surface area contributed by atoms with E-state index in [0.29, 0.717) is 17.7 Å². The normalized spacial score (nSPS) is 21.7. The van der Waals surface area contributed by atoms with Gasteiger partial charge in [0.05, 0.1) is 13.2 Å². The van der Waals surface area contributed by atoms with Crippen LogP contribution in [0.2, 0.25) is 0 Å². The summed E-state index contributed by atoms with van der Waals surface area (Å²) in [7, 11) is 3.72. The van der Waals surface area contributed by atoms with Gasteiger partial charge in [-0.25, -0.2) is 4.98 Å². The highest BCUT2D eigenvalue weighted by atomic mass is 35.5. The van der Waals surface area contributed by atoms with Crippen molar-refractivity contribution in [3.05, 3.63) is 24.0 Å². The van der Waals surface area contributed by atoms with Crippen LogP contribution in [0.1, 0.15) is 36.5 Å². The summed E-state index contributed by atoms with van der Waals surface area (Å²) in [5.41, 5.74) is 0. The Labute approximate surface area is 164 Å². The molecule has 1 atom stereocenters. The van der Waals surface area contributed by atoms with E-state index in [-0.39, 0.29) is 18.4 Å². The average Bonchev–Trinajstić information content (AvgIpc) is 3.18. The molecule has 0 aliphatic carbocycles. The molecular weight excluding hydrogens is 370 g/mol. The SMILES string of the molecule is COc1ccnc(N2CCC(c3nc(C4CNCCN4C)no3)CC2)n1.Cl. The minimum absolute atomic E-state index is 0. The number of piperazine rings is 1. The van der Waals surface area contributed by atoms with Crippen LogP contribution in [-0.4, -0.2) is 71.9 Å². The molecule has 10 heteroatoms. The maximum Gasteiger partial charge on any atom is 0.229 e. The van der Waals surface area contributed by atoms with Gasteiger partial charge in [0.15, 0.2) is 5.82 Å². The number of hydrogen-bond donors (Lipinski definition) is 1. The summed E-state index contributed by atoms with van der Waals surface area (Å²) in [4.78, 5) is 17.9. The first kappa shape index (κ1) is 19.8. The van der Waals surface area contributed by atoms with E-state index in [1.165, 1.54) is 0 Å². The standard InChI is InChI=1S/C17H25N7O2.ClH/c1-23-10-7-18-11-13(23)15-21-16(26-22-15)12-4-8-24(9-5-12)17-19-6-3-14(20-17)25-2;/h3,6,12-13,18H,4-5,7-11H2,1-2H3;1H. The number of piperidine rings is 1. The van der Waals surface area contributed by atoms with Crippen molar-refractivity contribution in [3.63, 3.8) is 0 Å². The molecule has 148 valence electrons. The van der Waals surface area contributed by atoms with Crippen LogP contribution in [0.15, 0.2) is 16.8 Å². The molecule has 27 heavy (non-hydrogen) atoms. The number of nitrogens with zero attached hydrogens (tertiary/aromatic N) is 6. The van der Waals surface area contributed by atoms with E-state index >= 15 is 0 Å². The zero-order valence-corrected chi connectivity index (χ0v) is 16.5. The fourth-order valence-corrected chi connectivity index (χ4v) is 3.57. The second-order valence-electron chi connectivity index (χ2n) is 6.85. The molecule has 2 saturated heterocycles. The van der Waals surface area contributed by atoms with Gasteiger partial charge in [0.1, 0.15) is 0 Å². The predicted octanol–water partition coefficient (Wildman–Crippen LogP) is 1.25. The molecule has 2 aromatic rings. The fraction of sp³-hybridized carbons (Fsp3) is 0.647. The lowest BCUT2D eigenvalue weighted by atomic mass is 9.97. The Bertz CT molecular complexity index is 736. The van der Waals surface area contributed by atoms with E-state index < -0.39 is 0 Å². The average molecular weight is 396 g/mol. The molecule has 4 heterocycles. The number of rotatable bonds is 4. The lowest BCUT2D eigenvalue weighted by molar-refractivity contribution is 0.190. The minimum Gasteiger partial charge on any atom is -0.481 e. The van der Waals surface area contributed by atoms with Crippen LogP contribution in [0.5, 0.6) is 5.88 Å². The van der Waals surface area contributed by atoms with Gasteiger partial charge in [0.25, 0.3) is 0 Å². The van der Waals surface area contributed by atoms with Crippen LogP contribution in [0.3, 0.4) is 0 Å². The summed E-state index contributed by atoms with van der Waals surface area (Å²) in [6, 6.07) is 1.94. The molecule has 0 bridgehead atoms. The van der Waals surface area contributed by atoms with Crippen LogP contribution in [0, 0.1) is 0 Å². The van der Waals surface area contributed by atoms with E-state index in [9.17, 15) is 0 Å². The molecule has 1 N–H and O–H groups in total. The summed E-state index contributed by atoms with van der Waals surface area (Å²) in [6.45, 7) is 4.58. The Hall–Kier alpha value is -1.97. The molecular formula is C17H26ClN7O2. The molecule has 4 rings (SSSR count).